The molecule has 2 atom stereocenters. The first-order chi connectivity index (χ1) is 8.15. The van der Waals surface area contributed by atoms with Crippen LogP contribution in [0.25, 0.3) is 0 Å². The molecule has 90 valence electrons. The molecule has 1 aromatic carbocycles. The maximum Gasteiger partial charge on any atom is 0.212 e. The topological polar surface area (TPSA) is 58.2 Å². The Hall–Kier alpha value is -1.52. The minimum Gasteiger partial charge on any atom is -0.295 e. The maximum absolute atomic E-state index is 11.4. The van der Waals surface area contributed by atoms with Gasteiger partial charge in [-0.25, -0.2) is 0 Å². The van der Waals surface area contributed by atoms with Gasteiger partial charge in [0.25, 0.3) is 0 Å². The van der Waals surface area contributed by atoms with Crippen LogP contribution < -0.4 is 10.6 Å². The van der Waals surface area contributed by atoms with Crippen molar-refractivity contribution >= 4 is 12.1 Å². The van der Waals surface area contributed by atoms with E-state index in [1.165, 1.54) is 0 Å². The molecule has 2 unspecified atom stereocenters. The molecular weight excluding hydrogens is 216 g/mol. The van der Waals surface area contributed by atoms with Gasteiger partial charge in [-0.1, -0.05) is 30.3 Å². The predicted octanol–water partition coefficient (Wildman–Crippen LogP) is 0.579. The Morgan fingerprint density at radius 1 is 1.41 bits per heavy atom. The number of rotatable bonds is 3. The lowest BCUT2D eigenvalue weighted by Gasteiger charge is -2.39. The summed E-state index contributed by atoms with van der Waals surface area (Å²) in [6, 6.07) is 9.57. The lowest BCUT2D eigenvalue weighted by molar-refractivity contribution is -0.132. The van der Waals surface area contributed by atoms with Crippen molar-refractivity contribution in [3.8, 4) is 0 Å². The van der Waals surface area contributed by atoms with E-state index in [1.807, 2.05) is 37.3 Å². The Morgan fingerprint density at radius 3 is 2.76 bits per heavy atom. The number of carbonyl (C=O) groups is 2. The third kappa shape index (κ3) is 2.43. The number of aldehydes is 1. The second kappa shape index (κ2) is 4.77. The van der Waals surface area contributed by atoms with Crippen LogP contribution in [0.4, 0.5) is 0 Å². The fourth-order valence-electron chi connectivity index (χ4n) is 2.23. The molecule has 0 saturated carbocycles. The van der Waals surface area contributed by atoms with Gasteiger partial charge in [0.15, 0.2) is 6.29 Å². The fraction of sp³-hybridized carbons (Fsp3) is 0.385. The van der Waals surface area contributed by atoms with Crippen LogP contribution >= 0.6 is 0 Å². The van der Waals surface area contributed by atoms with Gasteiger partial charge in [0.1, 0.15) is 0 Å². The standard InChI is InChI=1S/C13H16N2O2/c1-13(10-5-3-2-4-6-10)7-11(12(17)8-16)14-9-15-13/h2-6,8,11,14-15H,7,9H2,1H3. The molecule has 0 bridgehead atoms. The van der Waals surface area contributed by atoms with E-state index >= 15 is 0 Å². The number of nitrogens with one attached hydrogen (secondary N) is 2. The molecule has 0 aliphatic carbocycles. The number of carbonyl (C=O) groups excluding carboxylic acids is 2. The van der Waals surface area contributed by atoms with E-state index in [4.69, 9.17) is 0 Å². The first-order valence-corrected chi connectivity index (χ1v) is 5.69. The zero-order valence-electron chi connectivity index (χ0n) is 9.77. The minimum atomic E-state index is -0.390. The summed E-state index contributed by atoms with van der Waals surface area (Å²) >= 11 is 0. The Labute approximate surface area is 100 Å². The van der Waals surface area contributed by atoms with Crippen LogP contribution in [-0.4, -0.2) is 24.8 Å². The lowest BCUT2D eigenvalue weighted by Crippen LogP contribution is -2.58. The highest BCUT2D eigenvalue weighted by atomic mass is 16.2. The van der Waals surface area contributed by atoms with Gasteiger partial charge in [0, 0.05) is 12.2 Å². The highest BCUT2D eigenvalue weighted by Gasteiger charge is 2.35. The van der Waals surface area contributed by atoms with Crippen molar-refractivity contribution in [1.82, 2.24) is 10.6 Å². The number of benzene rings is 1. The van der Waals surface area contributed by atoms with Crippen molar-refractivity contribution in [2.24, 2.45) is 0 Å². The first-order valence-electron chi connectivity index (χ1n) is 5.69. The van der Waals surface area contributed by atoms with Gasteiger partial charge in [0.05, 0.1) is 6.04 Å². The van der Waals surface area contributed by atoms with Gasteiger partial charge >= 0.3 is 0 Å². The van der Waals surface area contributed by atoms with Crippen LogP contribution in [0, 0.1) is 0 Å². The van der Waals surface area contributed by atoms with Crippen molar-refractivity contribution in [1.29, 1.82) is 0 Å². The van der Waals surface area contributed by atoms with E-state index in [0.717, 1.165) is 5.56 Å². The maximum atomic E-state index is 11.4. The highest BCUT2D eigenvalue weighted by Crippen LogP contribution is 2.27. The molecule has 1 heterocycles. The molecule has 2 rings (SSSR count). The van der Waals surface area contributed by atoms with E-state index < -0.39 is 0 Å². The van der Waals surface area contributed by atoms with Crippen LogP contribution in [0.1, 0.15) is 18.9 Å². The normalized spacial score (nSPS) is 28.6. The molecule has 2 N–H and O–H groups in total. The van der Waals surface area contributed by atoms with Gasteiger partial charge in [-0.05, 0) is 18.9 Å². The van der Waals surface area contributed by atoms with E-state index in [-0.39, 0.29) is 17.4 Å². The molecule has 0 amide bonds. The van der Waals surface area contributed by atoms with Gasteiger partial charge in [-0.3, -0.25) is 20.2 Å². The van der Waals surface area contributed by atoms with Crippen molar-refractivity contribution < 1.29 is 9.59 Å². The first kappa shape index (κ1) is 12.0. The van der Waals surface area contributed by atoms with Crippen LogP contribution in [0.3, 0.4) is 0 Å². The summed E-state index contributed by atoms with van der Waals surface area (Å²) in [7, 11) is 0. The van der Waals surface area contributed by atoms with Gasteiger partial charge in [-0.2, -0.15) is 0 Å². The summed E-state index contributed by atoms with van der Waals surface area (Å²) in [4.78, 5) is 22.0. The van der Waals surface area contributed by atoms with Crippen LogP contribution in [-0.2, 0) is 15.1 Å². The smallest absolute Gasteiger partial charge is 0.212 e. The summed E-state index contributed by atoms with van der Waals surface area (Å²) in [5.41, 5.74) is 0.862. The Bertz CT molecular complexity index is 419. The second-order valence-electron chi connectivity index (χ2n) is 4.53. The van der Waals surface area contributed by atoms with Gasteiger partial charge in [0.2, 0.25) is 5.78 Å². The summed E-state index contributed by atoms with van der Waals surface area (Å²) in [5.74, 6) is -0.381. The summed E-state index contributed by atoms with van der Waals surface area (Å²) < 4.78 is 0. The summed E-state index contributed by atoms with van der Waals surface area (Å²) in [6.07, 6.45) is 0.975. The molecule has 1 aliphatic heterocycles. The van der Waals surface area contributed by atoms with Crippen LogP contribution in [0.15, 0.2) is 30.3 Å². The van der Waals surface area contributed by atoms with E-state index in [0.29, 0.717) is 19.4 Å². The second-order valence-corrected chi connectivity index (χ2v) is 4.53. The zero-order chi connectivity index (χ0) is 12.3. The number of ketones is 1. The van der Waals surface area contributed by atoms with Gasteiger partial charge in [-0.15, -0.1) is 0 Å². The Kier molecular flexibility index (Phi) is 3.36. The third-order valence-corrected chi connectivity index (χ3v) is 3.31. The Morgan fingerprint density at radius 2 is 2.12 bits per heavy atom. The molecule has 1 saturated heterocycles. The van der Waals surface area contributed by atoms with Crippen molar-refractivity contribution in [2.75, 3.05) is 6.67 Å². The zero-order valence-corrected chi connectivity index (χ0v) is 9.77. The largest absolute Gasteiger partial charge is 0.295 e. The molecule has 4 heteroatoms. The summed E-state index contributed by atoms with van der Waals surface area (Å²) in [6.45, 7) is 2.57. The molecule has 1 aromatic rings. The fourth-order valence-corrected chi connectivity index (χ4v) is 2.23. The Balaban J connectivity index is 2.21. The van der Waals surface area contributed by atoms with Crippen molar-refractivity contribution in [3.05, 3.63) is 35.9 Å². The number of Topliss-reactive ketones (excluding diaryl/α,β-unsaturated/α-hetero) is 1. The molecule has 0 spiro atoms. The predicted molar refractivity (Wildman–Crippen MR) is 64.4 cm³/mol. The molecular formula is C13H16N2O2. The summed E-state index contributed by atoms with van der Waals surface area (Å²) in [5, 5.41) is 6.34. The average molecular weight is 232 g/mol. The van der Waals surface area contributed by atoms with Crippen molar-refractivity contribution in [3.63, 3.8) is 0 Å². The van der Waals surface area contributed by atoms with E-state index in [9.17, 15) is 9.59 Å². The molecule has 1 aliphatic rings. The van der Waals surface area contributed by atoms with Crippen LogP contribution in [0.5, 0.6) is 0 Å². The SMILES string of the molecule is CC1(c2ccccc2)CC(C(=O)C=O)NCN1. The number of hydrogen-bond acceptors (Lipinski definition) is 4. The molecule has 4 nitrogen and oxygen atoms in total. The monoisotopic (exact) mass is 232 g/mol. The highest BCUT2D eigenvalue weighted by molar-refractivity contribution is 6.27. The quantitative estimate of drug-likeness (QED) is 0.591. The third-order valence-electron chi connectivity index (χ3n) is 3.31. The number of hydrogen-bond donors (Lipinski definition) is 2. The van der Waals surface area contributed by atoms with Crippen LogP contribution in [0.2, 0.25) is 0 Å². The minimum absolute atomic E-state index is 0.268. The lowest BCUT2D eigenvalue weighted by atomic mass is 9.83. The van der Waals surface area contributed by atoms with E-state index in [2.05, 4.69) is 10.6 Å². The molecule has 0 radical (unpaired) electrons. The van der Waals surface area contributed by atoms with E-state index in [1.54, 1.807) is 0 Å². The molecule has 17 heavy (non-hydrogen) atoms. The van der Waals surface area contributed by atoms with Crippen molar-refractivity contribution in [2.45, 2.75) is 24.9 Å². The molecule has 1 fully saturated rings. The molecule has 0 aromatic heterocycles. The average Bonchev–Trinajstić information content (AvgIpc) is 2.39. The van der Waals surface area contributed by atoms with Gasteiger partial charge < -0.3 is 0 Å².